The molecule has 1 atom stereocenters. The Morgan fingerprint density at radius 2 is 1.91 bits per heavy atom. The van der Waals surface area contributed by atoms with E-state index < -0.39 is 0 Å². The highest BCUT2D eigenvalue weighted by Crippen LogP contribution is 2.26. The fourth-order valence-corrected chi connectivity index (χ4v) is 3.29. The molecule has 0 saturated heterocycles. The molecular formula is C26H35N7. The monoisotopic (exact) mass is 445 g/mol. The van der Waals surface area contributed by atoms with Gasteiger partial charge in [0.15, 0.2) is 0 Å². The van der Waals surface area contributed by atoms with Crippen LogP contribution in [-0.2, 0) is 7.05 Å². The molecule has 3 rings (SSSR count). The Balaban J connectivity index is 0.00000122. The topological polar surface area (TPSA) is 90.6 Å². The van der Waals surface area contributed by atoms with E-state index >= 15 is 0 Å². The van der Waals surface area contributed by atoms with Crippen LogP contribution in [0.5, 0.6) is 0 Å². The summed E-state index contributed by atoms with van der Waals surface area (Å²) >= 11 is 0. The van der Waals surface area contributed by atoms with E-state index in [0.717, 1.165) is 48.7 Å². The van der Waals surface area contributed by atoms with E-state index in [1.54, 1.807) is 10.8 Å². The molecule has 2 aromatic heterocycles. The average Bonchev–Trinajstić information content (AvgIpc) is 3.27. The van der Waals surface area contributed by atoms with Crippen LogP contribution in [0.25, 0.3) is 11.1 Å². The third-order valence-electron chi connectivity index (χ3n) is 5.07. The van der Waals surface area contributed by atoms with Crippen LogP contribution in [0, 0.1) is 11.3 Å². The number of nitrogens with zero attached hydrogens (tertiary/aromatic N) is 4. The second kappa shape index (κ2) is 13.7. The highest BCUT2D eigenvalue weighted by atomic mass is 15.2. The van der Waals surface area contributed by atoms with Gasteiger partial charge < -0.3 is 16.0 Å². The Morgan fingerprint density at radius 1 is 1.18 bits per heavy atom. The van der Waals surface area contributed by atoms with Crippen molar-refractivity contribution in [1.82, 2.24) is 20.1 Å². The molecule has 0 aliphatic heterocycles. The zero-order chi connectivity index (χ0) is 24.1. The molecule has 7 heteroatoms. The van der Waals surface area contributed by atoms with Crippen LogP contribution in [0.2, 0.25) is 0 Å². The number of rotatable bonds is 10. The van der Waals surface area contributed by atoms with Crippen LogP contribution in [0.4, 0.5) is 11.5 Å². The summed E-state index contributed by atoms with van der Waals surface area (Å²) in [4.78, 5) is 4.52. The van der Waals surface area contributed by atoms with Crippen molar-refractivity contribution in [3.63, 3.8) is 0 Å². The molecule has 1 unspecified atom stereocenters. The van der Waals surface area contributed by atoms with Crippen molar-refractivity contribution in [1.29, 1.82) is 5.26 Å². The number of hydrogen-bond donors (Lipinski definition) is 3. The number of anilines is 2. The predicted octanol–water partition coefficient (Wildman–Crippen LogP) is 4.78. The maximum atomic E-state index is 8.90. The molecule has 3 aromatic rings. The van der Waals surface area contributed by atoms with E-state index in [0.29, 0.717) is 11.5 Å². The first-order chi connectivity index (χ1) is 16.0. The minimum atomic E-state index is 0.405. The van der Waals surface area contributed by atoms with Gasteiger partial charge in [-0.05, 0) is 49.6 Å². The molecular weight excluding hydrogens is 410 g/mol. The van der Waals surface area contributed by atoms with Gasteiger partial charge in [-0.2, -0.15) is 10.4 Å². The largest absolute Gasteiger partial charge is 0.382 e. The van der Waals surface area contributed by atoms with Crippen molar-refractivity contribution >= 4 is 11.5 Å². The minimum Gasteiger partial charge on any atom is -0.382 e. The molecule has 7 nitrogen and oxygen atoms in total. The Labute approximate surface area is 197 Å². The number of allylic oxidation sites excluding steroid dienone is 1. The smallest absolute Gasteiger partial charge is 0.149 e. The van der Waals surface area contributed by atoms with Crippen LogP contribution in [0.3, 0.4) is 0 Å². The zero-order valence-corrected chi connectivity index (χ0v) is 20.1. The highest BCUT2D eigenvalue weighted by molar-refractivity contribution is 5.73. The third-order valence-corrected chi connectivity index (χ3v) is 5.07. The van der Waals surface area contributed by atoms with Crippen molar-refractivity contribution in [3.8, 4) is 17.2 Å². The van der Waals surface area contributed by atoms with E-state index in [1.165, 1.54) is 5.56 Å². The first kappa shape index (κ1) is 25.6. The van der Waals surface area contributed by atoms with Gasteiger partial charge >= 0.3 is 0 Å². The first-order valence-electron chi connectivity index (χ1n) is 11.2. The molecule has 0 aliphatic carbocycles. The van der Waals surface area contributed by atoms with Gasteiger partial charge in [0.25, 0.3) is 0 Å². The Bertz CT molecular complexity index is 1030. The maximum Gasteiger partial charge on any atom is 0.149 e. The van der Waals surface area contributed by atoms with Gasteiger partial charge in [-0.1, -0.05) is 25.1 Å². The van der Waals surface area contributed by atoms with E-state index in [4.69, 9.17) is 5.26 Å². The maximum absolute atomic E-state index is 8.90. The zero-order valence-electron chi connectivity index (χ0n) is 20.1. The molecule has 174 valence electrons. The van der Waals surface area contributed by atoms with Gasteiger partial charge in [-0.25, -0.2) is 4.98 Å². The van der Waals surface area contributed by atoms with E-state index in [-0.39, 0.29) is 0 Å². The predicted molar refractivity (Wildman–Crippen MR) is 137 cm³/mol. The number of hydrogen-bond acceptors (Lipinski definition) is 6. The van der Waals surface area contributed by atoms with Gasteiger partial charge in [0, 0.05) is 50.7 Å². The fraction of sp³-hybridized carbons (Fsp3) is 0.346. The summed E-state index contributed by atoms with van der Waals surface area (Å²) in [5, 5.41) is 23.3. The molecule has 0 spiro atoms. The summed E-state index contributed by atoms with van der Waals surface area (Å²) < 4.78 is 1.79. The molecule has 0 radical (unpaired) electrons. The SMILES string of the molecule is C=CC.CNc1ncc(-c2cnn(C)c2)cc1NCCCNCC(C)c1ccc(C#N)cc1. The number of pyridine rings is 1. The average molecular weight is 446 g/mol. The summed E-state index contributed by atoms with van der Waals surface area (Å²) in [6.45, 7) is 10.1. The van der Waals surface area contributed by atoms with Crippen LogP contribution < -0.4 is 16.0 Å². The van der Waals surface area contributed by atoms with E-state index in [1.807, 2.05) is 63.9 Å². The molecule has 2 heterocycles. The van der Waals surface area contributed by atoms with Crippen molar-refractivity contribution in [3.05, 3.63) is 72.7 Å². The lowest BCUT2D eigenvalue weighted by molar-refractivity contribution is 0.603. The van der Waals surface area contributed by atoms with Crippen LogP contribution in [0.15, 0.2) is 61.6 Å². The molecule has 0 saturated carbocycles. The molecule has 0 fully saturated rings. The Kier molecular flexibility index (Phi) is 10.6. The Hall–Kier alpha value is -3.63. The van der Waals surface area contributed by atoms with Gasteiger partial charge in [0.05, 0.1) is 23.5 Å². The molecule has 33 heavy (non-hydrogen) atoms. The van der Waals surface area contributed by atoms with E-state index in [2.05, 4.69) is 51.7 Å². The van der Waals surface area contributed by atoms with Crippen LogP contribution in [0.1, 0.15) is 37.3 Å². The van der Waals surface area contributed by atoms with Crippen molar-refractivity contribution < 1.29 is 0 Å². The fourth-order valence-electron chi connectivity index (χ4n) is 3.29. The quantitative estimate of drug-likeness (QED) is 0.307. The summed E-state index contributed by atoms with van der Waals surface area (Å²) in [7, 11) is 3.79. The number of nitrogens with one attached hydrogen (secondary N) is 3. The second-order valence-corrected chi connectivity index (χ2v) is 7.80. The highest BCUT2D eigenvalue weighted by Gasteiger charge is 2.08. The molecule has 1 aromatic carbocycles. The first-order valence-corrected chi connectivity index (χ1v) is 11.2. The molecule has 0 amide bonds. The van der Waals surface area contributed by atoms with Crippen molar-refractivity contribution in [2.75, 3.05) is 37.3 Å². The summed E-state index contributed by atoms with van der Waals surface area (Å²) in [6.07, 6.45) is 8.44. The lowest BCUT2D eigenvalue weighted by Gasteiger charge is -2.14. The van der Waals surface area contributed by atoms with Gasteiger partial charge in [-0.3, -0.25) is 4.68 Å². The molecule has 0 bridgehead atoms. The number of benzene rings is 1. The van der Waals surface area contributed by atoms with Crippen LogP contribution in [-0.4, -0.2) is 41.4 Å². The summed E-state index contributed by atoms with van der Waals surface area (Å²) in [5.41, 5.74) is 5.03. The third kappa shape index (κ3) is 8.09. The van der Waals surface area contributed by atoms with Gasteiger partial charge in [0.1, 0.15) is 5.82 Å². The van der Waals surface area contributed by atoms with Crippen molar-refractivity contribution in [2.24, 2.45) is 7.05 Å². The van der Waals surface area contributed by atoms with E-state index in [9.17, 15) is 0 Å². The van der Waals surface area contributed by atoms with Gasteiger partial charge in [0.2, 0.25) is 0 Å². The lowest BCUT2D eigenvalue weighted by Crippen LogP contribution is -2.23. The molecule has 0 aliphatic rings. The van der Waals surface area contributed by atoms with Crippen molar-refractivity contribution in [2.45, 2.75) is 26.2 Å². The normalized spacial score (nSPS) is 11.0. The van der Waals surface area contributed by atoms with Crippen LogP contribution >= 0.6 is 0 Å². The number of aromatic nitrogens is 3. The lowest BCUT2D eigenvalue weighted by atomic mass is 10.00. The minimum absolute atomic E-state index is 0.405. The van der Waals surface area contributed by atoms with Gasteiger partial charge in [-0.15, -0.1) is 6.58 Å². The standard InChI is InChI=1S/C23H29N7.C3H6/c1-17(19-7-5-18(12-24)6-8-19)13-26-9-4-10-27-22-11-20(14-28-23(22)25-2)21-15-29-30(3)16-21;1-3-2/h5-8,11,14-17,26-27H,4,9-10,13H2,1-3H3,(H,25,28);3H,1H2,2H3. The second-order valence-electron chi connectivity index (χ2n) is 7.80. The number of aryl methyl sites for hydroxylation is 1. The summed E-state index contributed by atoms with van der Waals surface area (Å²) in [6, 6.07) is 12.1. The Morgan fingerprint density at radius 3 is 2.52 bits per heavy atom. The number of nitriles is 1. The summed E-state index contributed by atoms with van der Waals surface area (Å²) in [5.74, 6) is 1.24. The molecule has 3 N–H and O–H groups in total.